The van der Waals surface area contributed by atoms with Crippen LogP contribution in [-0.2, 0) is 19.1 Å². The molecule has 0 aromatic heterocycles. The molecule has 2 N–H and O–H groups in total. The van der Waals surface area contributed by atoms with Crippen molar-refractivity contribution in [2.45, 2.75) is 86.4 Å². The van der Waals surface area contributed by atoms with Gasteiger partial charge in [0.05, 0.1) is 7.11 Å². The fourth-order valence-electron chi connectivity index (χ4n) is 2.30. The molecule has 0 bridgehead atoms. The van der Waals surface area contributed by atoms with Crippen molar-refractivity contribution in [2.24, 2.45) is 10.8 Å². The van der Waals surface area contributed by atoms with Gasteiger partial charge in [0, 0.05) is 0 Å². The first-order valence-electron chi connectivity index (χ1n) is 8.84. The van der Waals surface area contributed by atoms with E-state index < -0.39 is 41.1 Å². The second-order valence-corrected chi connectivity index (χ2v) is 9.79. The Bertz CT molecular complexity index is 509. The Kier molecular flexibility index (Phi) is 8.13. The highest BCUT2D eigenvalue weighted by atomic mass is 16.6. The van der Waals surface area contributed by atoms with Gasteiger partial charge >= 0.3 is 12.1 Å². The van der Waals surface area contributed by atoms with Gasteiger partial charge in [-0.2, -0.15) is 0 Å². The lowest BCUT2D eigenvalue weighted by molar-refractivity contribution is -0.146. The van der Waals surface area contributed by atoms with E-state index in [2.05, 4.69) is 10.6 Å². The molecule has 2 atom stereocenters. The molecule has 0 spiro atoms. The molecule has 2 amide bonds. The lowest BCUT2D eigenvalue weighted by Gasteiger charge is -2.33. The monoisotopic (exact) mass is 372 g/mol. The van der Waals surface area contributed by atoms with Gasteiger partial charge in [-0.25, -0.2) is 9.59 Å². The van der Waals surface area contributed by atoms with Gasteiger partial charge in [0.2, 0.25) is 5.91 Å². The van der Waals surface area contributed by atoms with Gasteiger partial charge in [-0.3, -0.25) is 4.79 Å². The zero-order chi connectivity index (χ0) is 20.9. The molecule has 7 heteroatoms. The number of carbonyl (C=O) groups excluding carboxylic acids is 3. The van der Waals surface area contributed by atoms with E-state index >= 15 is 0 Å². The third-order valence-electron chi connectivity index (χ3n) is 3.41. The molecule has 0 aliphatic carbocycles. The average molecular weight is 373 g/mol. The standard InChI is InChI=1S/C19H36N2O5/c1-17(2,3)11-12(15(23)25-10)20-14(22)13(18(4,5)6)21-16(24)26-19(7,8)9/h12-13H,11H2,1-10H3,(H,20,22)(H,21,24)/t12-,13+/m0/s1. The molecule has 0 saturated heterocycles. The van der Waals surface area contributed by atoms with Crippen molar-refractivity contribution in [3.63, 3.8) is 0 Å². The quantitative estimate of drug-likeness (QED) is 0.724. The molecule has 152 valence electrons. The molecular formula is C19H36N2O5. The summed E-state index contributed by atoms with van der Waals surface area (Å²) >= 11 is 0. The zero-order valence-corrected chi connectivity index (χ0v) is 17.9. The Labute approximate surface area is 157 Å². The Morgan fingerprint density at radius 3 is 1.73 bits per heavy atom. The van der Waals surface area contributed by atoms with Gasteiger partial charge in [0.25, 0.3) is 0 Å². The fourth-order valence-corrected chi connectivity index (χ4v) is 2.30. The molecule has 0 heterocycles. The first kappa shape index (κ1) is 24.2. The summed E-state index contributed by atoms with van der Waals surface area (Å²) in [6, 6.07) is -1.66. The van der Waals surface area contributed by atoms with Crippen molar-refractivity contribution in [1.29, 1.82) is 0 Å². The summed E-state index contributed by atoms with van der Waals surface area (Å²) in [6.45, 7) is 16.6. The van der Waals surface area contributed by atoms with E-state index in [0.717, 1.165) is 0 Å². The Balaban J connectivity index is 5.34. The van der Waals surface area contributed by atoms with Crippen molar-refractivity contribution in [3.05, 3.63) is 0 Å². The van der Waals surface area contributed by atoms with E-state index in [1.54, 1.807) is 20.8 Å². The first-order valence-corrected chi connectivity index (χ1v) is 8.84. The number of amides is 2. The smallest absolute Gasteiger partial charge is 0.408 e. The Hall–Kier alpha value is -1.79. The van der Waals surface area contributed by atoms with E-state index in [4.69, 9.17) is 9.47 Å². The minimum absolute atomic E-state index is 0.193. The molecule has 7 nitrogen and oxygen atoms in total. The molecule has 0 saturated carbocycles. The van der Waals surface area contributed by atoms with E-state index in [-0.39, 0.29) is 5.41 Å². The van der Waals surface area contributed by atoms with Crippen LogP contribution in [0.4, 0.5) is 4.79 Å². The van der Waals surface area contributed by atoms with Crippen LogP contribution in [-0.4, -0.2) is 42.8 Å². The predicted octanol–water partition coefficient (Wildman–Crippen LogP) is 3.02. The van der Waals surface area contributed by atoms with Gasteiger partial charge in [0.1, 0.15) is 17.7 Å². The summed E-state index contributed by atoms with van der Waals surface area (Å²) in [7, 11) is 1.28. The van der Waals surface area contributed by atoms with Crippen LogP contribution in [0.15, 0.2) is 0 Å². The molecule has 0 aromatic carbocycles. The lowest BCUT2D eigenvalue weighted by Crippen LogP contribution is -2.57. The second-order valence-electron chi connectivity index (χ2n) is 9.79. The van der Waals surface area contributed by atoms with E-state index in [9.17, 15) is 14.4 Å². The van der Waals surface area contributed by atoms with Gasteiger partial charge in [-0.15, -0.1) is 0 Å². The molecule has 0 aliphatic rings. The normalized spacial score (nSPS) is 14.8. The largest absolute Gasteiger partial charge is 0.467 e. The van der Waals surface area contributed by atoms with Crippen molar-refractivity contribution in [2.75, 3.05) is 7.11 Å². The third kappa shape index (κ3) is 9.63. The molecular weight excluding hydrogens is 336 g/mol. The van der Waals surface area contributed by atoms with Gasteiger partial charge < -0.3 is 20.1 Å². The topological polar surface area (TPSA) is 93.7 Å². The van der Waals surface area contributed by atoms with E-state index in [1.807, 2.05) is 41.5 Å². The van der Waals surface area contributed by atoms with Gasteiger partial charge in [-0.1, -0.05) is 41.5 Å². The molecule has 0 unspecified atom stereocenters. The van der Waals surface area contributed by atoms with Crippen LogP contribution >= 0.6 is 0 Å². The highest BCUT2D eigenvalue weighted by Gasteiger charge is 2.37. The van der Waals surface area contributed by atoms with E-state index in [1.165, 1.54) is 7.11 Å². The van der Waals surface area contributed by atoms with Gasteiger partial charge in [0.15, 0.2) is 0 Å². The molecule has 0 aliphatic heterocycles. The van der Waals surface area contributed by atoms with Crippen LogP contribution < -0.4 is 10.6 Å². The van der Waals surface area contributed by atoms with Gasteiger partial charge in [-0.05, 0) is 38.0 Å². The van der Waals surface area contributed by atoms with Crippen LogP contribution in [0.25, 0.3) is 0 Å². The average Bonchev–Trinajstić information content (AvgIpc) is 2.38. The number of carbonyl (C=O) groups is 3. The minimum atomic E-state index is -0.871. The predicted molar refractivity (Wildman–Crippen MR) is 101 cm³/mol. The molecule has 0 radical (unpaired) electrons. The minimum Gasteiger partial charge on any atom is -0.467 e. The molecule has 0 fully saturated rings. The first-order chi connectivity index (χ1) is 11.5. The molecule has 0 rings (SSSR count). The number of ether oxygens (including phenoxy) is 2. The maximum absolute atomic E-state index is 12.8. The van der Waals surface area contributed by atoms with Crippen molar-refractivity contribution >= 4 is 18.0 Å². The number of rotatable bonds is 5. The summed E-state index contributed by atoms with van der Waals surface area (Å²) in [5.41, 5.74) is -1.45. The SMILES string of the molecule is COC(=O)[C@H](CC(C)(C)C)NC(=O)[C@@H](NC(=O)OC(C)(C)C)C(C)(C)C. The summed E-state index contributed by atoms with van der Waals surface area (Å²) in [4.78, 5) is 37.0. The van der Waals surface area contributed by atoms with Crippen LogP contribution in [0.3, 0.4) is 0 Å². The molecule has 0 aromatic rings. The Morgan fingerprint density at radius 1 is 0.885 bits per heavy atom. The zero-order valence-electron chi connectivity index (χ0n) is 17.9. The summed E-state index contributed by atoms with van der Waals surface area (Å²) in [6.07, 6.45) is -0.271. The van der Waals surface area contributed by atoms with Crippen molar-refractivity contribution in [3.8, 4) is 0 Å². The van der Waals surface area contributed by atoms with Crippen molar-refractivity contribution < 1.29 is 23.9 Å². The van der Waals surface area contributed by atoms with Crippen LogP contribution in [0.2, 0.25) is 0 Å². The van der Waals surface area contributed by atoms with Crippen LogP contribution in [0.1, 0.15) is 68.7 Å². The van der Waals surface area contributed by atoms with Crippen LogP contribution in [0.5, 0.6) is 0 Å². The number of hydrogen-bond acceptors (Lipinski definition) is 5. The number of methoxy groups -OCH3 is 1. The maximum Gasteiger partial charge on any atom is 0.408 e. The highest BCUT2D eigenvalue weighted by Crippen LogP contribution is 2.23. The summed E-state index contributed by atoms with van der Waals surface area (Å²) < 4.78 is 10.1. The number of alkyl carbamates (subject to hydrolysis) is 1. The number of hydrogen-bond donors (Lipinski definition) is 2. The Morgan fingerprint density at radius 2 is 1.38 bits per heavy atom. The summed E-state index contributed by atoms with van der Waals surface area (Å²) in [5.74, 6) is -0.971. The number of esters is 1. The van der Waals surface area contributed by atoms with Crippen LogP contribution in [0, 0.1) is 10.8 Å². The fraction of sp³-hybridized carbons (Fsp3) is 0.842. The lowest BCUT2D eigenvalue weighted by atomic mass is 9.85. The van der Waals surface area contributed by atoms with Crippen molar-refractivity contribution in [1.82, 2.24) is 10.6 Å². The van der Waals surface area contributed by atoms with E-state index in [0.29, 0.717) is 6.42 Å². The molecule has 26 heavy (non-hydrogen) atoms. The maximum atomic E-state index is 12.8. The highest BCUT2D eigenvalue weighted by molar-refractivity contribution is 5.90. The number of nitrogens with one attached hydrogen (secondary N) is 2. The second kappa shape index (κ2) is 8.73. The summed E-state index contributed by atoms with van der Waals surface area (Å²) in [5, 5.41) is 5.33. The third-order valence-corrected chi connectivity index (χ3v) is 3.41.